The predicted octanol–water partition coefficient (Wildman–Crippen LogP) is 2.48. The lowest BCUT2D eigenvalue weighted by molar-refractivity contribution is 0.440. The Labute approximate surface area is 118 Å². The molecule has 1 heterocycles. The second-order valence-electron chi connectivity index (χ2n) is 4.58. The van der Waals surface area contributed by atoms with E-state index < -0.39 is 0 Å². The second kappa shape index (κ2) is 8.97. The van der Waals surface area contributed by atoms with Crippen LogP contribution in [0.25, 0.3) is 0 Å². The fourth-order valence-corrected chi connectivity index (χ4v) is 2.15. The Balaban J connectivity index is 2.60. The van der Waals surface area contributed by atoms with Crippen LogP contribution in [0.2, 0.25) is 0 Å². The Morgan fingerprint density at radius 1 is 1.30 bits per heavy atom. The van der Waals surface area contributed by atoms with Gasteiger partial charge in [0.2, 0.25) is 12.2 Å². The summed E-state index contributed by atoms with van der Waals surface area (Å²) in [6.45, 7) is 4.46. The number of aliphatic imine (C=N–C) groups is 2. The molecule has 0 amide bonds. The first kappa shape index (κ1) is 16.0. The van der Waals surface area contributed by atoms with Gasteiger partial charge in [0.25, 0.3) is 0 Å². The third-order valence-electron chi connectivity index (χ3n) is 3.07. The summed E-state index contributed by atoms with van der Waals surface area (Å²) in [5.74, 6) is 0.928. The number of hydrogen-bond donors (Lipinski definition) is 0. The second-order valence-corrected chi connectivity index (χ2v) is 4.58. The van der Waals surface area contributed by atoms with Gasteiger partial charge in [0.15, 0.2) is 0 Å². The number of rotatable bonds is 9. The van der Waals surface area contributed by atoms with Gasteiger partial charge < -0.3 is 4.57 Å². The molecule has 0 fully saturated rings. The molecule has 0 bridgehead atoms. The van der Waals surface area contributed by atoms with Crippen LogP contribution < -0.4 is 0 Å². The molecule has 0 aliphatic heterocycles. The molecular formula is C14H20N4O2. The fourth-order valence-electron chi connectivity index (χ4n) is 2.15. The largest absolute Gasteiger partial charge is 0.311 e. The molecule has 0 radical (unpaired) electrons. The topological polar surface area (TPSA) is 76.7 Å². The molecule has 108 valence electrons. The summed E-state index contributed by atoms with van der Waals surface area (Å²) in [4.78, 5) is 32.3. The zero-order chi connectivity index (χ0) is 14.8. The number of aryl methyl sites for hydroxylation is 2. The van der Waals surface area contributed by atoms with Crippen molar-refractivity contribution < 1.29 is 9.59 Å². The van der Waals surface area contributed by atoms with Crippen LogP contribution in [0.5, 0.6) is 0 Å². The molecule has 1 atom stereocenters. The lowest BCUT2D eigenvalue weighted by atomic mass is 10.1. The average molecular weight is 276 g/mol. The van der Waals surface area contributed by atoms with Crippen molar-refractivity contribution in [2.75, 3.05) is 6.54 Å². The quantitative estimate of drug-likeness (QED) is 0.395. The lowest BCUT2D eigenvalue weighted by Gasteiger charge is -2.14. The van der Waals surface area contributed by atoms with E-state index in [1.807, 2.05) is 24.6 Å². The van der Waals surface area contributed by atoms with Crippen molar-refractivity contribution in [2.45, 2.75) is 52.1 Å². The summed E-state index contributed by atoms with van der Waals surface area (Å²) in [5.41, 5.74) is 0.924. The molecule has 1 rings (SSSR count). The predicted molar refractivity (Wildman–Crippen MR) is 75.0 cm³/mol. The van der Waals surface area contributed by atoms with E-state index in [0.29, 0.717) is 6.54 Å². The molecule has 0 aromatic carbocycles. The smallest absolute Gasteiger partial charge is 0.237 e. The first-order valence-electron chi connectivity index (χ1n) is 6.87. The summed E-state index contributed by atoms with van der Waals surface area (Å²) >= 11 is 0. The van der Waals surface area contributed by atoms with Crippen LogP contribution in [0.3, 0.4) is 0 Å². The van der Waals surface area contributed by atoms with E-state index in [2.05, 4.69) is 15.0 Å². The minimum Gasteiger partial charge on any atom is -0.311 e. The number of hydrogen-bond acceptors (Lipinski definition) is 5. The van der Waals surface area contributed by atoms with E-state index in [4.69, 9.17) is 0 Å². The van der Waals surface area contributed by atoms with Gasteiger partial charge >= 0.3 is 0 Å². The minimum absolute atomic E-state index is 0.238. The van der Waals surface area contributed by atoms with E-state index >= 15 is 0 Å². The van der Waals surface area contributed by atoms with Gasteiger partial charge in [-0.05, 0) is 26.2 Å². The number of imidazole rings is 1. The van der Waals surface area contributed by atoms with Crippen molar-refractivity contribution in [1.29, 1.82) is 0 Å². The van der Waals surface area contributed by atoms with Crippen molar-refractivity contribution in [3.05, 3.63) is 17.7 Å². The molecule has 1 aromatic heterocycles. The third kappa shape index (κ3) is 4.92. The molecule has 6 heteroatoms. The van der Waals surface area contributed by atoms with Crippen LogP contribution in [0, 0.1) is 6.92 Å². The maximum absolute atomic E-state index is 10.6. The molecule has 0 saturated carbocycles. The maximum Gasteiger partial charge on any atom is 0.237 e. The van der Waals surface area contributed by atoms with Crippen molar-refractivity contribution in [3.8, 4) is 0 Å². The lowest BCUT2D eigenvalue weighted by Crippen LogP contribution is -2.09. The van der Waals surface area contributed by atoms with Gasteiger partial charge in [-0.3, -0.25) is 0 Å². The molecule has 0 aliphatic carbocycles. The minimum atomic E-state index is -0.238. The van der Waals surface area contributed by atoms with Gasteiger partial charge in [0.05, 0.1) is 12.2 Å². The number of nitrogens with zero attached hydrogens (tertiary/aromatic N) is 4. The van der Waals surface area contributed by atoms with Crippen LogP contribution in [0.15, 0.2) is 16.2 Å². The number of carbonyl (C=O) groups excluding carboxylic acids is 2. The fraction of sp³-hybridized carbons (Fsp3) is 0.643. The first-order chi connectivity index (χ1) is 9.72. The summed E-state index contributed by atoms with van der Waals surface area (Å²) in [7, 11) is 0. The van der Waals surface area contributed by atoms with Gasteiger partial charge in [-0.25, -0.2) is 19.6 Å². The van der Waals surface area contributed by atoms with Crippen LogP contribution in [-0.2, 0) is 16.0 Å². The van der Waals surface area contributed by atoms with Gasteiger partial charge in [0, 0.05) is 12.6 Å². The highest BCUT2D eigenvalue weighted by molar-refractivity contribution is 5.33. The molecule has 1 unspecified atom stereocenters. The highest BCUT2D eigenvalue weighted by Crippen LogP contribution is 2.20. The first-order valence-corrected chi connectivity index (χ1v) is 6.87. The summed E-state index contributed by atoms with van der Waals surface area (Å²) in [6, 6.07) is 0. The van der Waals surface area contributed by atoms with Crippen molar-refractivity contribution in [2.24, 2.45) is 9.98 Å². The van der Waals surface area contributed by atoms with Crippen molar-refractivity contribution >= 4 is 12.2 Å². The Hall–Kier alpha value is -2.03. The number of isocyanates is 2. The van der Waals surface area contributed by atoms with Gasteiger partial charge in [-0.15, -0.1) is 0 Å². The van der Waals surface area contributed by atoms with Gasteiger partial charge in [-0.2, -0.15) is 4.99 Å². The molecule has 0 N–H and O–H groups in total. The van der Waals surface area contributed by atoms with E-state index in [1.165, 1.54) is 6.08 Å². The summed E-state index contributed by atoms with van der Waals surface area (Å²) < 4.78 is 1.95. The molecule has 20 heavy (non-hydrogen) atoms. The van der Waals surface area contributed by atoms with E-state index in [9.17, 15) is 9.59 Å². The van der Waals surface area contributed by atoms with Crippen LogP contribution in [0.1, 0.15) is 50.3 Å². The standard InChI is InChI=1S/C14H20N4O2/c1-3-13-17-12(2)9-18(13)14(16-11-20)7-5-4-6-8-15-10-19/h9,14H,3-8H2,1-2H3. The third-order valence-corrected chi connectivity index (χ3v) is 3.07. The Kier molecular flexibility index (Phi) is 7.18. The number of unbranched alkanes of at least 4 members (excludes halogenated alkanes) is 2. The normalized spacial score (nSPS) is 11.5. The number of aromatic nitrogens is 2. The molecule has 1 aromatic rings. The zero-order valence-electron chi connectivity index (χ0n) is 12.0. The Morgan fingerprint density at radius 3 is 2.75 bits per heavy atom. The van der Waals surface area contributed by atoms with Crippen molar-refractivity contribution in [3.63, 3.8) is 0 Å². The highest BCUT2D eigenvalue weighted by atomic mass is 16.1. The molecule has 0 aliphatic rings. The molecule has 6 nitrogen and oxygen atoms in total. The summed E-state index contributed by atoms with van der Waals surface area (Å²) in [5, 5.41) is 0. The van der Waals surface area contributed by atoms with Crippen LogP contribution in [0.4, 0.5) is 0 Å². The Morgan fingerprint density at radius 2 is 2.10 bits per heavy atom. The monoisotopic (exact) mass is 276 g/mol. The SMILES string of the molecule is CCc1nc(C)cn1C(CCCCCN=C=O)N=C=O. The molecule has 0 saturated heterocycles. The van der Waals surface area contributed by atoms with E-state index in [-0.39, 0.29) is 6.17 Å². The zero-order valence-corrected chi connectivity index (χ0v) is 12.0. The van der Waals surface area contributed by atoms with E-state index in [0.717, 1.165) is 43.6 Å². The maximum atomic E-state index is 10.6. The van der Waals surface area contributed by atoms with Crippen LogP contribution >= 0.6 is 0 Å². The molecular weight excluding hydrogens is 256 g/mol. The van der Waals surface area contributed by atoms with E-state index in [1.54, 1.807) is 6.08 Å². The molecule has 0 spiro atoms. The summed E-state index contributed by atoms with van der Waals surface area (Å²) in [6.07, 6.45) is 9.09. The van der Waals surface area contributed by atoms with Gasteiger partial charge in [0.1, 0.15) is 12.0 Å². The Bertz CT molecular complexity index is 511. The average Bonchev–Trinajstić information content (AvgIpc) is 2.82. The van der Waals surface area contributed by atoms with Gasteiger partial charge in [-0.1, -0.05) is 13.3 Å². The highest BCUT2D eigenvalue weighted by Gasteiger charge is 2.13. The van der Waals surface area contributed by atoms with Crippen molar-refractivity contribution in [1.82, 2.24) is 9.55 Å². The van der Waals surface area contributed by atoms with Crippen LogP contribution in [-0.4, -0.2) is 28.3 Å².